The van der Waals surface area contributed by atoms with Crippen molar-refractivity contribution in [2.45, 2.75) is 19.4 Å². The first-order valence-electron chi connectivity index (χ1n) is 3.74. The summed E-state index contributed by atoms with van der Waals surface area (Å²) in [5, 5.41) is 18.7. The van der Waals surface area contributed by atoms with Crippen LogP contribution in [0.4, 0.5) is 4.39 Å². The van der Waals surface area contributed by atoms with E-state index in [4.69, 9.17) is 5.11 Å². The maximum Gasteiger partial charge on any atom is 0.147 e. The molecule has 0 saturated carbocycles. The molecule has 0 bridgehead atoms. The first-order chi connectivity index (χ1) is 5.84. The Kier molecular flexibility index (Phi) is 2.63. The summed E-state index contributed by atoms with van der Waals surface area (Å²) in [6.07, 6.45) is 0. The van der Waals surface area contributed by atoms with Crippen LogP contribution in [-0.4, -0.2) is 10.2 Å². The Balaban J connectivity index is 3.35. The highest BCUT2D eigenvalue weighted by Gasteiger charge is 2.23. The summed E-state index contributed by atoms with van der Waals surface area (Å²) in [7, 11) is 0. The molecule has 1 aromatic carbocycles. The third kappa shape index (κ3) is 2.00. The number of aliphatic hydroxyl groups is 1. The number of halogens is 2. The SMILES string of the molecule is CC(C)(O)c1ccc(O)c(Br)c1F. The fourth-order valence-corrected chi connectivity index (χ4v) is 1.36. The van der Waals surface area contributed by atoms with Crippen molar-refractivity contribution in [2.75, 3.05) is 0 Å². The number of hydrogen-bond donors (Lipinski definition) is 2. The van der Waals surface area contributed by atoms with Gasteiger partial charge in [0.15, 0.2) is 0 Å². The lowest BCUT2D eigenvalue weighted by Gasteiger charge is -2.19. The van der Waals surface area contributed by atoms with E-state index in [0.717, 1.165) is 0 Å². The van der Waals surface area contributed by atoms with Gasteiger partial charge in [-0.3, -0.25) is 0 Å². The standard InChI is InChI=1S/C9H10BrFO2/c1-9(2,13)5-3-4-6(12)7(10)8(5)11/h3-4,12-13H,1-2H3. The fraction of sp³-hybridized carbons (Fsp3) is 0.333. The Morgan fingerprint density at radius 2 is 1.92 bits per heavy atom. The van der Waals surface area contributed by atoms with Crippen LogP contribution in [0.15, 0.2) is 16.6 Å². The van der Waals surface area contributed by atoms with Gasteiger partial charge in [0.2, 0.25) is 0 Å². The summed E-state index contributed by atoms with van der Waals surface area (Å²) >= 11 is 2.89. The van der Waals surface area contributed by atoms with Gasteiger partial charge in [0.1, 0.15) is 11.6 Å². The molecule has 1 aromatic rings. The summed E-state index contributed by atoms with van der Waals surface area (Å²) in [6.45, 7) is 2.96. The number of phenols is 1. The quantitative estimate of drug-likeness (QED) is 0.802. The van der Waals surface area contributed by atoms with Gasteiger partial charge >= 0.3 is 0 Å². The van der Waals surface area contributed by atoms with Gasteiger partial charge in [-0.1, -0.05) is 0 Å². The molecular weight excluding hydrogens is 239 g/mol. The maximum absolute atomic E-state index is 13.4. The van der Waals surface area contributed by atoms with E-state index >= 15 is 0 Å². The number of aromatic hydroxyl groups is 1. The average molecular weight is 249 g/mol. The molecule has 0 aliphatic heterocycles. The van der Waals surface area contributed by atoms with Gasteiger partial charge in [0.05, 0.1) is 10.1 Å². The van der Waals surface area contributed by atoms with E-state index in [-0.39, 0.29) is 15.8 Å². The molecule has 0 saturated heterocycles. The number of rotatable bonds is 1. The minimum atomic E-state index is -1.25. The first kappa shape index (κ1) is 10.5. The molecule has 2 nitrogen and oxygen atoms in total. The Morgan fingerprint density at radius 3 is 2.38 bits per heavy atom. The Morgan fingerprint density at radius 1 is 1.38 bits per heavy atom. The van der Waals surface area contributed by atoms with E-state index in [1.807, 2.05) is 0 Å². The second kappa shape index (κ2) is 3.27. The summed E-state index contributed by atoms with van der Waals surface area (Å²) in [6, 6.07) is 2.69. The predicted octanol–water partition coefficient (Wildman–Crippen LogP) is 2.52. The van der Waals surface area contributed by atoms with Crippen molar-refractivity contribution in [3.63, 3.8) is 0 Å². The van der Waals surface area contributed by atoms with Crippen LogP contribution < -0.4 is 0 Å². The zero-order valence-corrected chi connectivity index (χ0v) is 8.89. The van der Waals surface area contributed by atoms with Crippen LogP contribution in [0.3, 0.4) is 0 Å². The number of phenolic OH excluding ortho intramolecular Hbond substituents is 1. The van der Waals surface area contributed by atoms with Gasteiger partial charge in [-0.15, -0.1) is 0 Å². The Labute approximate surface area is 84.1 Å². The highest BCUT2D eigenvalue weighted by Crippen LogP contribution is 2.33. The minimum Gasteiger partial charge on any atom is -0.507 e. The molecular formula is C9H10BrFO2. The molecule has 0 aliphatic rings. The monoisotopic (exact) mass is 248 g/mol. The third-order valence-corrected chi connectivity index (χ3v) is 2.48. The molecule has 0 atom stereocenters. The van der Waals surface area contributed by atoms with E-state index < -0.39 is 11.4 Å². The fourth-order valence-electron chi connectivity index (χ4n) is 1.01. The molecule has 0 radical (unpaired) electrons. The van der Waals surface area contributed by atoms with Crippen LogP contribution in [0.2, 0.25) is 0 Å². The summed E-state index contributed by atoms with van der Waals surface area (Å²) in [5.74, 6) is -0.807. The molecule has 4 heteroatoms. The molecule has 2 N–H and O–H groups in total. The topological polar surface area (TPSA) is 40.5 Å². The van der Waals surface area contributed by atoms with Crippen LogP contribution in [0.1, 0.15) is 19.4 Å². The molecule has 72 valence electrons. The summed E-state index contributed by atoms with van der Waals surface area (Å²) < 4.78 is 13.4. The van der Waals surface area contributed by atoms with Gasteiger partial charge < -0.3 is 10.2 Å². The van der Waals surface area contributed by atoms with E-state index in [9.17, 15) is 9.50 Å². The highest BCUT2D eigenvalue weighted by atomic mass is 79.9. The van der Waals surface area contributed by atoms with E-state index in [1.165, 1.54) is 26.0 Å². The van der Waals surface area contributed by atoms with Gasteiger partial charge in [-0.05, 0) is 41.9 Å². The van der Waals surface area contributed by atoms with Crippen molar-refractivity contribution in [3.8, 4) is 5.75 Å². The van der Waals surface area contributed by atoms with E-state index in [1.54, 1.807) is 0 Å². The molecule has 0 spiro atoms. The molecule has 0 heterocycles. The molecule has 0 unspecified atom stereocenters. The zero-order valence-electron chi connectivity index (χ0n) is 7.31. The molecule has 0 amide bonds. The molecule has 13 heavy (non-hydrogen) atoms. The van der Waals surface area contributed by atoms with Crippen LogP contribution in [0, 0.1) is 5.82 Å². The number of benzene rings is 1. The van der Waals surface area contributed by atoms with Gasteiger partial charge in [0.25, 0.3) is 0 Å². The lowest BCUT2D eigenvalue weighted by atomic mass is 9.98. The predicted molar refractivity (Wildman–Crippen MR) is 51.0 cm³/mol. The second-order valence-electron chi connectivity index (χ2n) is 3.32. The molecule has 0 fully saturated rings. The Bertz CT molecular complexity index is 331. The Hall–Kier alpha value is -0.610. The van der Waals surface area contributed by atoms with Gasteiger partial charge in [-0.25, -0.2) is 4.39 Å². The van der Waals surface area contributed by atoms with E-state index in [0.29, 0.717) is 0 Å². The van der Waals surface area contributed by atoms with Crippen LogP contribution in [-0.2, 0) is 5.60 Å². The third-order valence-electron chi connectivity index (χ3n) is 1.72. The van der Waals surface area contributed by atoms with Crippen molar-refractivity contribution in [1.29, 1.82) is 0 Å². The van der Waals surface area contributed by atoms with Crippen LogP contribution in [0.25, 0.3) is 0 Å². The smallest absolute Gasteiger partial charge is 0.147 e. The minimum absolute atomic E-state index is 0.0212. The van der Waals surface area contributed by atoms with E-state index in [2.05, 4.69) is 15.9 Å². The van der Waals surface area contributed by atoms with Crippen molar-refractivity contribution >= 4 is 15.9 Å². The largest absolute Gasteiger partial charge is 0.507 e. The van der Waals surface area contributed by atoms with Gasteiger partial charge in [0, 0.05) is 5.56 Å². The normalized spacial score (nSPS) is 11.8. The highest BCUT2D eigenvalue weighted by molar-refractivity contribution is 9.10. The van der Waals surface area contributed by atoms with Crippen LogP contribution >= 0.6 is 15.9 Å². The molecule has 0 aromatic heterocycles. The molecule has 1 rings (SSSR count). The van der Waals surface area contributed by atoms with Crippen molar-refractivity contribution in [1.82, 2.24) is 0 Å². The lowest BCUT2D eigenvalue weighted by Crippen LogP contribution is -2.17. The van der Waals surface area contributed by atoms with Crippen molar-refractivity contribution in [2.24, 2.45) is 0 Å². The summed E-state index contributed by atoms with van der Waals surface area (Å²) in [5.41, 5.74) is -1.10. The first-order valence-corrected chi connectivity index (χ1v) is 4.53. The van der Waals surface area contributed by atoms with Crippen LogP contribution in [0.5, 0.6) is 5.75 Å². The van der Waals surface area contributed by atoms with Crippen molar-refractivity contribution in [3.05, 3.63) is 28.0 Å². The lowest BCUT2D eigenvalue weighted by molar-refractivity contribution is 0.0743. The van der Waals surface area contributed by atoms with Gasteiger partial charge in [-0.2, -0.15) is 0 Å². The zero-order chi connectivity index (χ0) is 10.2. The molecule has 0 aliphatic carbocycles. The average Bonchev–Trinajstić information content (AvgIpc) is 1.98. The summed E-state index contributed by atoms with van der Waals surface area (Å²) in [4.78, 5) is 0. The number of hydrogen-bond acceptors (Lipinski definition) is 2. The second-order valence-corrected chi connectivity index (χ2v) is 4.11. The van der Waals surface area contributed by atoms with Crippen molar-refractivity contribution < 1.29 is 14.6 Å². The maximum atomic E-state index is 13.4.